The van der Waals surface area contributed by atoms with E-state index in [-0.39, 0.29) is 10.8 Å². The predicted molar refractivity (Wildman–Crippen MR) is 116 cm³/mol. The molecule has 7 nitrogen and oxygen atoms in total. The van der Waals surface area contributed by atoms with Crippen molar-refractivity contribution in [1.82, 2.24) is 18.8 Å². The maximum absolute atomic E-state index is 13.1. The first kappa shape index (κ1) is 21.2. The summed E-state index contributed by atoms with van der Waals surface area (Å²) >= 11 is 6.15. The number of nitrogens with zero attached hydrogens (tertiary/aromatic N) is 4. The highest BCUT2D eigenvalue weighted by Gasteiger charge is 2.33. The van der Waals surface area contributed by atoms with Gasteiger partial charge in [0.2, 0.25) is 10.0 Å². The Labute approximate surface area is 181 Å². The van der Waals surface area contributed by atoms with Gasteiger partial charge in [0, 0.05) is 44.4 Å². The van der Waals surface area contributed by atoms with Gasteiger partial charge < -0.3 is 9.30 Å². The molecule has 0 unspecified atom stereocenters. The Morgan fingerprint density at radius 1 is 1.30 bits per heavy atom. The minimum Gasteiger partial charge on any atom is -0.383 e. The number of aromatic nitrogens is 3. The van der Waals surface area contributed by atoms with Crippen molar-refractivity contribution in [1.29, 1.82) is 0 Å². The molecular weight excluding hydrogens is 424 g/mol. The summed E-state index contributed by atoms with van der Waals surface area (Å²) in [5.74, 6) is 1.11. The minimum absolute atomic E-state index is 0.193. The van der Waals surface area contributed by atoms with Crippen molar-refractivity contribution in [2.75, 3.05) is 26.8 Å². The summed E-state index contributed by atoms with van der Waals surface area (Å²) in [6.45, 7) is 4.04. The number of sulfonamides is 1. The van der Waals surface area contributed by atoms with Gasteiger partial charge in [-0.3, -0.25) is 0 Å². The number of methoxy groups -OCH3 is 1. The third-order valence-corrected chi connectivity index (χ3v) is 7.87. The zero-order valence-corrected chi connectivity index (χ0v) is 18.7. The average molecular weight is 449 g/mol. The monoisotopic (exact) mass is 448 g/mol. The molecule has 0 saturated carbocycles. The molecule has 4 rings (SSSR count). The van der Waals surface area contributed by atoms with Crippen LogP contribution in [0.5, 0.6) is 0 Å². The van der Waals surface area contributed by atoms with Gasteiger partial charge in [-0.15, -0.1) is 0 Å². The van der Waals surface area contributed by atoms with E-state index in [0.717, 1.165) is 29.0 Å². The lowest BCUT2D eigenvalue weighted by atomic mass is 10.0. The molecule has 0 amide bonds. The number of aryl methyl sites for hydroxylation is 1. The predicted octanol–water partition coefficient (Wildman–Crippen LogP) is 3.29. The normalized spacial score (nSPS) is 17.8. The molecule has 3 aromatic rings. The number of imidazole rings is 1. The Morgan fingerprint density at radius 3 is 2.90 bits per heavy atom. The largest absolute Gasteiger partial charge is 0.383 e. The van der Waals surface area contributed by atoms with Gasteiger partial charge in [0.15, 0.2) is 5.65 Å². The third-order valence-electron chi connectivity index (χ3n) is 5.60. The van der Waals surface area contributed by atoms with Crippen LogP contribution in [0.25, 0.3) is 11.2 Å². The topological polar surface area (TPSA) is 77.3 Å². The molecule has 1 atom stereocenters. The molecule has 160 valence electrons. The van der Waals surface area contributed by atoms with E-state index in [0.29, 0.717) is 37.7 Å². The Kier molecular flexibility index (Phi) is 6.11. The van der Waals surface area contributed by atoms with Crippen LogP contribution in [0.4, 0.5) is 0 Å². The van der Waals surface area contributed by atoms with E-state index in [1.807, 2.05) is 19.1 Å². The summed E-state index contributed by atoms with van der Waals surface area (Å²) in [5.41, 5.74) is 2.54. The van der Waals surface area contributed by atoms with E-state index >= 15 is 0 Å². The number of hydrogen-bond acceptors (Lipinski definition) is 5. The summed E-state index contributed by atoms with van der Waals surface area (Å²) in [6.07, 6.45) is 3.24. The highest BCUT2D eigenvalue weighted by Crippen LogP contribution is 2.29. The molecule has 2 aromatic heterocycles. The Hall–Kier alpha value is -2.00. The van der Waals surface area contributed by atoms with Crippen LogP contribution in [0, 0.1) is 12.8 Å². The fourth-order valence-electron chi connectivity index (χ4n) is 3.90. The standard InChI is InChI=1S/C21H25ClN4O3S/c1-15-5-6-17(13-18(15)22)30(27,28)25-9-7-16(14-25)12-20-24-19-4-3-8-23-21(19)26(20)10-11-29-2/h3-6,8,13,16H,7,9-12,14H2,1-2H3/t16-/m1/s1. The maximum atomic E-state index is 13.1. The smallest absolute Gasteiger partial charge is 0.243 e. The van der Waals surface area contributed by atoms with Crippen molar-refractivity contribution in [2.45, 2.75) is 31.2 Å². The van der Waals surface area contributed by atoms with Crippen molar-refractivity contribution in [3.8, 4) is 0 Å². The molecule has 0 bridgehead atoms. The molecule has 1 aliphatic heterocycles. The van der Waals surface area contributed by atoms with Gasteiger partial charge in [-0.2, -0.15) is 4.31 Å². The third kappa shape index (κ3) is 4.09. The van der Waals surface area contributed by atoms with Gasteiger partial charge in [-0.1, -0.05) is 17.7 Å². The molecule has 30 heavy (non-hydrogen) atoms. The van der Waals surface area contributed by atoms with Gasteiger partial charge in [-0.05, 0) is 49.1 Å². The van der Waals surface area contributed by atoms with Crippen molar-refractivity contribution >= 4 is 32.8 Å². The quantitative estimate of drug-likeness (QED) is 0.554. The Bertz CT molecular complexity index is 1160. The molecule has 3 heterocycles. The lowest BCUT2D eigenvalue weighted by molar-refractivity contribution is 0.187. The van der Waals surface area contributed by atoms with E-state index in [1.54, 1.807) is 29.7 Å². The van der Waals surface area contributed by atoms with Crippen molar-refractivity contribution in [3.05, 3.63) is 52.9 Å². The van der Waals surface area contributed by atoms with Crippen LogP contribution < -0.4 is 0 Å². The number of hydrogen-bond donors (Lipinski definition) is 0. The van der Waals surface area contributed by atoms with E-state index in [9.17, 15) is 8.42 Å². The zero-order chi connectivity index (χ0) is 21.3. The molecular formula is C21H25ClN4O3S. The zero-order valence-electron chi connectivity index (χ0n) is 17.1. The number of rotatable bonds is 7. The fraction of sp³-hybridized carbons (Fsp3) is 0.429. The first-order valence-corrected chi connectivity index (χ1v) is 11.8. The van der Waals surface area contributed by atoms with Crippen molar-refractivity contribution in [2.24, 2.45) is 5.92 Å². The molecule has 1 saturated heterocycles. The minimum atomic E-state index is -3.56. The number of ether oxygens (including phenoxy) is 1. The molecule has 9 heteroatoms. The molecule has 1 fully saturated rings. The first-order valence-electron chi connectivity index (χ1n) is 9.95. The van der Waals surface area contributed by atoms with Crippen LogP contribution in [0.1, 0.15) is 17.8 Å². The van der Waals surface area contributed by atoms with Crippen LogP contribution in [0.2, 0.25) is 5.02 Å². The van der Waals surface area contributed by atoms with Gasteiger partial charge in [0.25, 0.3) is 0 Å². The van der Waals surface area contributed by atoms with E-state index in [4.69, 9.17) is 21.3 Å². The number of pyridine rings is 1. The molecule has 0 aliphatic carbocycles. The summed E-state index contributed by atoms with van der Waals surface area (Å²) in [6, 6.07) is 8.72. The second-order valence-electron chi connectivity index (χ2n) is 7.65. The molecule has 1 aromatic carbocycles. The number of halogens is 1. The Morgan fingerprint density at radius 2 is 2.13 bits per heavy atom. The summed E-state index contributed by atoms with van der Waals surface area (Å²) in [5, 5.41) is 0.464. The SMILES string of the molecule is COCCn1c(C[C@H]2CCN(S(=O)(=O)c3ccc(C)c(Cl)c3)C2)nc2cccnc21. The molecule has 1 aliphatic rings. The van der Waals surface area contributed by atoms with Gasteiger partial charge in [-0.25, -0.2) is 18.4 Å². The Balaban J connectivity index is 1.53. The van der Waals surface area contributed by atoms with Crippen molar-refractivity contribution < 1.29 is 13.2 Å². The molecule has 0 N–H and O–H groups in total. The highest BCUT2D eigenvalue weighted by molar-refractivity contribution is 7.89. The average Bonchev–Trinajstić information content (AvgIpc) is 3.33. The molecule has 0 spiro atoms. The second kappa shape index (κ2) is 8.63. The van der Waals surface area contributed by atoms with Crippen LogP contribution in [0.15, 0.2) is 41.4 Å². The number of benzene rings is 1. The van der Waals surface area contributed by atoms with Gasteiger partial charge in [0.1, 0.15) is 11.3 Å². The van der Waals surface area contributed by atoms with E-state index in [2.05, 4.69) is 9.55 Å². The first-order chi connectivity index (χ1) is 14.4. The number of fused-ring (bicyclic) bond motifs is 1. The van der Waals surface area contributed by atoms with Crippen LogP contribution in [0.3, 0.4) is 0 Å². The van der Waals surface area contributed by atoms with E-state index < -0.39 is 10.0 Å². The molecule has 0 radical (unpaired) electrons. The summed E-state index contributed by atoms with van der Waals surface area (Å²) < 4.78 is 35.0. The fourth-order valence-corrected chi connectivity index (χ4v) is 5.71. The lowest BCUT2D eigenvalue weighted by Gasteiger charge is -2.17. The second-order valence-corrected chi connectivity index (χ2v) is 10.00. The van der Waals surface area contributed by atoms with Gasteiger partial charge >= 0.3 is 0 Å². The maximum Gasteiger partial charge on any atom is 0.243 e. The van der Waals surface area contributed by atoms with E-state index in [1.165, 1.54) is 6.07 Å². The van der Waals surface area contributed by atoms with Crippen LogP contribution >= 0.6 is 11.6 Å². The van der Waals surface area contributed by atoms with Gasteiger partial charge in [0.05, 0.1) is 11.5 Å². The summed E-state index contributed by atoms with van der Waals surface area (Å²) in [7, 11) is -1.89. The lowest BCUT2D eigenvalue weighted by Crippen LogP contribution is -2.29. The summed E-state index contributed by atoms with van der Waals surface area (Å²) in [4.78, 5) is 9.47. The van der Waals surface area contributed by atoms with Crippen LogP contribution in [-0.4, -0.2) is 54.1 Å². The van der Waals surface area contributed by atoms with Crippen LogP contribution in [-0.2, 0) is 27.7 Å². The van der Waals surface area contributed by atoms with Crippen molar-refractivity contribution in [3.63, 3.8) is 0 Å². The highest BCUT2D eigenvalue weighted by atomic mass is 35.5.